The number of amides is 1. The lowest BCUT2D eigenvalue weighted by Crippen LogP contribution is -2.42. The SMILES string of the molecule is CCC(NCCS(=O)CC)C(N)=O. The van der Waals surface area contributed by atoms with E-state index in [4.69, 9.17) is 5.73 Å². The lowest BCUT2D eigenvalue weighted by molar-refractivity contribution is -0.120. The van der Waals surface area contributed by atoms with Crippen molar-refractivity contribution in [1.82, 2.24) is 5.32 Å². The van der Waals surface area contributed by atoms with Gasteiger partial charge in [0.1, 0.15) is 0 Å². The van der Waals surface area contributed by atoms with Crippen LogP contribution in [0, 0.1) is 0 Å². The Labute approximate surface area is 81.7 Å². The van der Waals surface area contributed by atoms with Gasteiger partial charge in [0.15, 0.2) is 0 Å². The van der Waals surface area contributed by atoms with E-state index in [1.807, 2.05) is 13.8 Å². The predicted octanol–water partition coefficient (Wildman–Crippen LogP) is -0.391. The van der Waals surface area contributed by atoms with Crippen molar-refractivity contribution in [2.24, 2.45) is 5.73 Å². The van der Waals surface area contributed by atoms with Gasteiger partial charge in [-0.2, -0.15) is 0 Å². The van der Waals surface area contributed by atoms with Crippen LogP contribution in [0.15, 0.2) is 0 Å². The van der Waals surface area contributed by atoms with Gasteiger partial charge in [-0.05, 0) is 6.42 Å². The first-order chi connectivity index (χ1) is 6.11. The van der Waals surface area contributed by atoms with Gasteiger partial charge in [0, 0.05) is 28.9 Å². The van der Waals surface area contributed by atoms with Gasteiger partial charge in [-0.3, -0.25) is 9.00 Å². The quantitative estimate of drug-likeness (QED) is 0.596. The smallest absolute Gasteiger partial charge is 0.234 e. The first kappa shape index (κ1) is 12.6. The zero-order valence-corrected chi connectivity index (χ0v) is 9.02. The lowest BCUT2D eigenvalue weighted by Gasteiger charge is -2.12. The molecular weight excluding hydrogens is 188 g/mol. The summed E-state index contributed by atoms with van der Waals surface area (Å²) < 4.78 is 11.0. The highest BCUT2D eigenvalue weighted by Gasteiger charge is 2.11. The number of hydrogen-bond acceptors (Lipinski definition) is 3. The summed E-state index contributed by atoms with van der Waals surface area (Å²) in [6.07, 6.45) is 0.675. The highest BCUT2D eigenvalue weighted by molar-refractivity contribution is 7.84. The Morgan fingerprint density at radius 1 is 1.54 bits per heavy atom. The maximum Gasteiger partial charge on any atom is 0.234 e. The molecule has 5 heteroatoms. The van der Waals surface area contributed by atoms with Crippen molar-refractivity contribution in [3.05, 3.63) is 0 Å². The Morgan fingerprint density at radius 3 is 2.54 bits per heavy atom. The second-order valence-electron chi connectivity index (χ2n) is 2.75. The Bertz CT molecular complexity index is 185. The van der Waals surface area contributed by atoms with Gasteiger partial charge in [0.05, 0.1) is 6.04 Å². The van der Waals surface area contributed by atoms with Crippen LogP contribution in [-0.4, -0.2) is 34.2 Å². The van der Waals surface area contributed by atoms with E-state index in [2.05, 4.69) is 5.32 Å². The van der Waals surface area contributed by atoms with Crippen LogP contribution >= 0.6 is 0 Å². The maximum absolute atomic E-state index is 11.0. The topological polar surface area (TPSA) is 72.2 Å². The molecule has 0 aliphatic rings. The van der Waals surface area contributed by atoms with E-state index < -0.39 is 10.8 Å². The minimum atomic E-state index is -0.773. The van der Waals surface area contributed by atoms with Crippen LogP contribution in [-0.2, 0) is 15.6 Å². The lowest BCUT2D eigenvalue weighted by atomic mass is 10.2. The average Bonchev–Trinajstić information content (AvgIpc) is 2.11. The van der Waals surface area contributed by atoms with Crippen LogP contribution in [0.5, 0.6) is 0 Å². The molecule has 0 aliphatic heterocycles. The van der Waals surface area contributed by atoms with Crippen LogP contribution in [0.3, 0.4) is 0 Å². The standard InChI is InChI=1S/C8H18N2O2S/c1-3-7(8(9)11)10-5-6-13(12)4-2/h7,10H,3-6H2,1-2H3,(H2,9,11). The molecule has 0 aromatic heterocycles. The molecule has 3 N–H and O–H groups in total. The van der Waals surface area contributed by atoms with E-state index in [1.54, 1.807) is 0 Å². The van der Waals surface area contributed by atoms with Gasteiger partial charge in [0.25, 0.3) is 0 Å². The number of hydrogen-bond donors (Lipinski definition) is 2. The monoisotopic (exact) mass is 206 g/mol. The molecule has 0 saturated carbocycles. The zero-order chi connectivity index (χ0) is 10.3. The third-order valence-corrected chi connectivity index (χ3v) is 3.10. The minimum absolute atomic E-state index is 0.283. The van der Waals surface area contributed by atoms with E-state index >= 15 is 0 Å². The highest BCUT2D eigenvalue weighted by atomic mass is 32.2. The van der Waals surface area contributed by atoms with Gasteiger partial charge in [0.2, 0.25) is 5.91 Å². The molecule has 0 aliphatic carbocycles. The molecule has 0 fully saturated rings. The molecule has 0 spiro atoms. The van der Waals surface area contributed by atoms with Gasteiger partial charge in [-0.25, -0.2) is 0 Å². The molecule has 0 radical (unpaired) electrons. The largest absolute Gasteiger partial charge is 0.368 e. The average molecular weight is 206 g/mol. The fraction of sp³-hybridized carbons (Fsp3) is 0.875. The number of nitrogens with one attached hydrogen (secondary N) is 1. The predicted molar refractivity (Wildman–Crippen MR) is 54.8 cm³/mol. The number of primary amides is 1. The summed E-state index contributed by atoms with van der Waals surface area (Å²) >= 11 is 0. The minimum Gasteiger partial charge on any atom is -0.368 e. The Hall–Kier alpha value is -0.420. The van der Waals surface area contributed by atoms with E-state index in [9.17, 15) is 9.00 Å². The third kappa shape index (κ3) is 5.76. The molecule has 0 bridgehead atoms. The molecule has 0 rings (SSSR count). The maximum atomic E-state index is 11.0. The summed E-state index contributed by atoms with van der Waals surface area (Å²) in [6, 6.07) is -0.283. The van der Waals surface area contributed by atoms with Crippen LogP contribution in [0.25, 0.3) is 0 Å². The number of nitrogens with two attached hydrogens (primary N) is 1. The first-order valence-corrected chi connectivity index (χ1v) is 5.98. The van der Waals surface area contributed by atoms with Crippen molar-refractivity contribution >= 4 is 16.7 Å². The number of carbonyl (C=O) groups excluding carboxylic acids is 1. The summed E-state index contributed by atoms with van der Waals surface area (Å²) in [5, 5.41) is 2.97. The van der Waals surface area contributed by atoms with Gasteiger partial charge < -0.3 is 11.1 Å². The molecule has 2 atom stereocenters. The normalized spacial score (nSPS) is 15.2. The molecule has 0 aromatic carbocycles. The van der Waals surface area contributed by atoms with E-state index in [1.165, 1.54) is 0 Å². The van der Waals surface area contributed by atoms with E-state index in [-0.39, 0.29) is 11.9 Å². The van der Waals surface area contributed by atoms with Crippen molar-refractivity contribution in [1.29, 1.82) is 0 Å². The van der Waals surface area contributed by atoms with Crippen LogP contribution in [0.1, 0.15) is 20.3 Å². The molecule has 78 valence electrons. The van der Waals surface area contributed by atoms with E-state index in [0.29, 0.717) is 24.5 Å². The summed E-state index contributed by atoms with van der Waals surface area (Å²) in [4.78, 5) is 10.8. The Morgan fingerprint density at radius 2 is 2.15 bits per heavy atom. The summed E-state index contributed by atoms with van der Waals surface area (Å²) in [6.45, 7) is 4.35. The second kappa shape index (κ2) is 7.03. The number of carbonyl (C=O) groups is 1. The molecule has 0 heterocycles. The summed E-state index contributed by atoms with van der Waals surface area (Å²) in [7, 11) is -0.773. The van der Waals surface area contributed by atoms with Crippen LogP contribution in [0.4, 0.5) is 0 Å². The molecule has 1 amide bonds. The fourth-order valence-electron chi connectivity index (χ4n) is 0.937. The van der Waals surface area contributed by atoms with Gasteiger partial charge in [-0.1, -0.05) is 13.8 Å². The molecule has 4 nitrogen and oxygen atoms in total. The fourth-order valence-corrected chi connectivity index (χ4v) is 1.57. The zero-order valence-electron chi connectivity index (χ0n) is 8.21. The highest BCUT2D eigenvalue weighted by Crippen LogP contribution is 1.89. The van der Waals surface area contributed by atoms with Crippen molar-refractivity contribution < 1.29 is 9.00 Å². The Balaban J connectivity index is 3.61. The third-order valence-electron chi connectivity index (χ3n) is 1.79. The van der Waals surface area contributed by atoms with Crippen molar-refractivity contribution in [3.63, 3.8) is 0 Å². The van der Waals surface area contributed by atoms with Gasteiger partial charge in [-0.15, -0.1) is 0 Å². The number of rotatable bonds is 7. The van der Waals surface area contributed by atoms with Crippen LogP contribution < -0.4 is 11.1 Å². The first-order valence-electron chi connectivity index (χ1n) is 4.49. The molecule has 0 saturated heterocycles. The molecule has 2 unspecified atom stereocenters. The molecule has 0 aromatic rings. The van der Waals surface area contributed by atoms with Gasteiger partial charge >= 0.3 is 0 Å². The summed E-state index contributed by atoms with van der Waals surface area (Å²) in [5.41, 5.74) is 5.12. The summed E-state index contributed by atoms with van der Waals surface area (Å²) in [5.74, 6) is 0.903. The van der Waals surface area contributed by atoms with Crippen molar-refractivity contribution in [3.8, 4) is 0 Å². The molecule has 13 heavy (non-hydrogen) atoms. The Kier molecular flexibility index (Phi) is 6.80. The van der Waals surface area contributed by atoms with Crippen molar-refractivity contribution in [2.75, 3.05) is 18.1 Å². The van der Waals surface area contributed by atoms with Crippen LogP contribution in [0.2, 0.25) is 0 Å². The van der Waals surface area contributed by atoms with Crippen molar-refractivity contribution in [2.45, 2.75) is 26.3 Å². The molecular formula is C8H18N2O2S. The second-order valence-corrected chi connectivity index (χ2v) is 4.62. The van der Waals surface area contributed by atoms with E-state index in [0.717, 1.165) is 0 Å².